The van der Waals surface area contributed by atoms with Gasteiger partial charge in [0, 0.05) is 6.04 Å². The van der Waals surface area contributed by atoms with Crippen LogP contribution in [-0.2, 0) is 5.41 Å². The van der Waals surface area contributed by atoms with E-state index in [-0.39, 0.29) is 5.41 Å². The lowest BCUT2D eigenvalue weighted by molar-refractivity contribution is 0.176. The van der Waals surface area contributed by atoms with Crippen LogP contribution in [0.4, 0.5) is 0 Å². The van der Waals surface area contributed by atoms with Crippen molar-refractivity contribution in [1.82, 2.24) is 5.43 Å². The van der Waals surface area contributed by atoms with Crippen LogP contribution in [0.3, 0.4) is 0 Å². The first-order valence-electron chi connectivity index (χ1n) is 8.54. The highest BCUT2D eigenvalue weighted by molar-refractivity contribution is 5.29. The third-order valence-corrected chi connectivity index (χ3v) is 5.24. The van der Waals surface area contributed by atoms with E-state index < -0.39 is 0 Å². The molecule has 0 aromatic heterocycles. The van der Waals surface area contributed by atoms with E-state index in [9.17, 15) is 0 Å². The molecule has 0 amide bonds. The average Bonchev–Trinajstić information content (AvgIpc) is 2.48. The van der Waals surface area contributed by atoms with Crippen molar-refractivity contribution >= 4 is 0 Å². The van der Waals surface area contributed by atoms with Gasteiger partial charge < -0.3 is 0 Å². The Balaban J connectivity index is 2.20. The topological polar surface area (TPSA) is 38.0 Å². The molecule has 0 radical (unpaired) electrons. The molecule has 21 heavy (non-hydrogen) atoms. The van der Waals surface area contributed by atoms with Crippen LogP contribution in [0, 0.1) is 11.8 Å². The second-order valence-corrected chi connectivity index (χ2v) is 7.63. The highest BCUT2D eigenvalue weighted by Crippen LogP contribution is 2.40. The van der Waals surface area contributed by atoms with Gasteiger partial charge in [-0.2, -0.15) is 0 Å². The molecule has 0 aliphatic heterocycles. The number of nitrogens with one attached hydrogen (secondary N) is 1. The summed E-state index contributed by atoms with van der Waals surface area (Å²) in [6.45, 7) is 9.10. The molecule has 2 rings (SSSR count). The van der Waals surface area contributed by atoms with Gasteiger partial charge in [-0.05, 0) is 34.8 Å². The van der Waals surface area contributed by atoms with E-state index in [1.54, 1.807) is 0 Å². The van der Waals surface area contributed by atoms with Crippen LogP contribution in [0.5, 0.6) is 0 Å². The van der Waals surface area contributed by atoms with Crippen LogP contribution in [0.1, 0.15) is 77.0 Å². The lowest BCUT2D eigenvalue weighted by atomic mass is 9.72. The fourth-order valence-corrected chi connectivity index (χ4v) is 3.84. The quantitative estimate of drug-likeness (QED) is 0.622. The summed E-state index contributed by atoms with van der Waals surface area (Å²) >= 11 is 0. The normalized spacial score (nSPS) is 24.8. The maximum Gasteiger partial charge on any atom is 0.0490 e. The summed E-state index contributed by atoms with van der Waals surface area (Å²) in [6.07, 6.45) is 6.66. The molecule has 1 aromatic carbocycles. The molecule has 0 bridgehead atoms. The van der Waals surface area contributed by atoms with Gasteiger partial charge in [0.2, 0.25) is 0 Å². The first-order chi connectivity index (χ1) is 9.97. The molecule has 3 unspecified atom stereocenters. The van der Waals surface area contributed by atoms with Gasteiger partial charge in [-0.3, -0.25) is 11.3 Å². The molecular formula is C19H32N2. The van der Waals surface area contributed by atoms with E-state index in [0.717, 1.165) is 5.92 Å². The molecule has 1 aromatic rings. The molecule has 2 heteroatoms. The summed E-state index contributed by atoms with van der Waals surface area (Å²) in [4.78, 5) is 0. The molecule has 0 heterocycles. The van der Waals surface area contributed by atoms with Gasteiger partial charge in [-0.15, -0.1) is 0 Å². The molecule has 3 atom stereocenters. The monoisotopic (exact) mass is 288 g/mol. The minimum atomic E-state index is 0.209. The average molecular weight is 288 g/mol. The highest BCUT2D eigenvalue weighted by Gasteiger charge is 2.31. The molecule has 1 saturated carbocycles. The van der Waals surface area contributed by atoms with Crippen molar-refractivity contribution in [2.75, 3.05) is 0 Å². The molecular weight excluding hydrogens is 256 g/mol. The second-order valence-electron chi connectivity index (χ2n) is 7.63. The Morgan fingerprint density at radius 1 is 1.14 bits per heavy atom. The summed E-state index contributed by atoms with van der Waals surface area (Å²) < 4.78 is 0. The lowest BCUT2D eigenvalue weighted by Crippen LogP contribution is -2.38. The standard InChI is InChI=1S/C19H32N2/c1-5-14-8-6-7-9-17(14)18(21-20)15-10-12-16(13-11-15)19(2,3)4/h10-14,17-18,21H,5-9,20H2,1-4H3. The number of rotatable bonds is 4. The van der Waals surface area contributed by atoms with Crippen LogP contribution >= 0.6 is 0 Å². The molecule has 1 aliphatic rings. The van der Waals surface area contributed by atoms with Gasteiger partial charge in [-0.25, -0.2) is 0 Å². The molecule has 1 fully saturated rings. The number of hydrogen-bond acceptors (Lipinski definition) is 2. The maximum absolute atomic E-state index is 5.93. The zero-order valence-electron chi connectivity index (χ0n) is 14.2. The Bertz CT molecular complexity index is 430. The fraction of sp³-hybridized carbons (Fsp3) is 0.684. The van der Waals surface area contributed by atoms with Crippen LogP contribution in [-0.4, -0.2) is 0 Å². The number of benzene rings is 1. The van der Waals surface area contributed by atoms with Crippen molar-refractivity contribution in [3.8, 4) is 0 Å². The predicted molar refractivity (Wildman–Crippen MR) is 90.9 cm³/mol. The third-order valence-electron chi connectivity index (χ3n) is 5.24. The summed E-state index contributed by atoms with van der Waals surface area (Å²) in [6, 6.07) is 9.37. The second kappa shape index (κ2) is 6.93. The Morgan fingerprint density at radius 3 is 2.29 bits per heavy atom. The van der Waals surface area contributed by atoms with Crippen molar-refractivity contribution < 1.29 is 0 Å². The van der Waals surface area contributed by atoms with Gasteiger partial charge in [0.15, 0.2) is 0 Å². The molecule has 2 nitrogen and oxygen atoms in total. The SMILES string of the molecule is CCC1CCCCC1C(NN)c1ccc(C(C)(C)C)cc1. The van der Waals surface area contributed by atoms with Crippen molar-refractivity contribution in [2.45, 2.75) is 71.3 Å². The summed E-state index contributed by atoms with van der Waals surface area (Å²) in [5.74, 6) is 7.41. The Hall–Kier alpha value is -0.860. The van der Waals surface area contributed by atoms with Crippen LogP contribution in [0.2, 0.25) is 0 Å². The van der Waals surface area contributed by atoms with Gasteiger partial charge in [0.05, 0.1) is 0 Å². The maximum atomic E-state index is 5.93. The van der Waals surface area contributed by atoms with Crippen LogP contribution in [0.25, 0.3) is 0 Å². The van der Waals surface area contributed by atoms with Gasteiger partial charge >= 0.3 is 0 Å². The number of hydrogen-bond donors (Lipinski definition) is 2. The van der Waals surface area contributed by atoms with Crippen molar-refractivity contribution in [3.05, 3.63) is 35.4 Å². The molecule has 3 N–H and O–H groups in total. The van der Waals surface area contributed by atoms with Crippen molar-refractivity contribution in [2.24, 2.45) is 17.7 Å². The van der Waals surface area contributed by atoms with E-state index in [1.807, 2.05) is 0 Å². The smallest absolute Gasteiger partial charge is 0.0490 e. The minimum absolute atomic E-state index is 0.209. The largest absolute Gasteiger partial charge is 0.271 e. The van der Waals surface area contributed by atoms with Crippen LogP contribution < -0.4 is 11.3 Å². The first-order valence-corrected chi connectivity index (χ1v) is 8.54. The first kappa shape index (κ1) is 16.5. The van der Waals surface area contributed by atoms with Gasteiger partial charge in [-0.1, -0.05) is 77.6 Å². The third kappa shape index (κ3) is 3.87. The highest BCUT2D eigenvalue weighted by atomic mass is 15.2. The van der Waals surface area contributed by atoms with E-state index in [2.05, 4.69) is 57.4 Å². The van der Waals surface area contributed by atoms with E-state index in [1.165, 1.54) is 43.2 Å². The zero-order valence-corrected chi connectivity index (χ0v) is 14.2. The van der Waals surface area contributed by atoms with Gasteiger partial charge in [0.25, 0.3) is 0 Å². The molecule has 118 valence electrons. The van der Waals surface area contributed by atoms with E-state index in [4.69, 9.17) is 5.84 Å². The molecule has 0 saturated heterocycles. The molecule has 1 aliphatic carbocycles. The van der Waals surface area contributed by atoms with E-state index in [0.29, 0.717) is 12.0 Å². The summed E-state index contributed by atoms with van der Waals surface area (Å²) in [5.41, 5.74) is 6.05. The minimum Gasteiger partial charge on any atom is -0.271 e. The summed E-state index contributed by atoms with van der Waals surface area (Å²) in [7, 11) is 0. The zero-order chi connectivity index (χ0) is 15.5. The fourth-order valence-electron chi connectivity index (χ4n) is 3.84. The van der Waals surface area contributed by atoms with Crippen molar-refractivity contribution in [3.63, 3.8) is 0 Å². The molecule has 0 spiro atoms. The number of hydrazine groups is 1. The van der Waals surface area contributed by atoms with Crippen molar-refractivity contribution in [1.29, 1.82) is 0 Å². The van der Waals surface area contributed by atoms with E-state index >= 15 is 0 Å². The summed E-state index contributed by atoms with van der Waals surface area (Å²) in [5, 5.41) is 0. The van der Waals surface area contributed by atoms with Crippen LogP contribution in [0.15, 0.2) is 24.3 Å². The lowest BCUT2D eigenvalue weighted by Gasteiger charge is -2.37. The Labute approximate surface area is 130 Å². The van der Waals surface area contributed by atoms with Gasteiger partial charge in [0.1, 0.15) is 0 Å². The number of nitrogens with two attached hydrogens (primary N) is 1. The Morgan fingerprint density at radius 2 is 1.76 bits per heavy atom. The predicted octanol–water partition coefficient (Wildman–Crippen LogP) is 4.70. The Kier molecular flexibility index (Phi) is 5.45.